The van der Waals surface area contributed by atoms with Crippen LogP contribution in [-0.4, -0.2) is 5.11 Å². The van der Waals surface area contributed by atoms with Gasteiger partial charge < -0.3 is 5.11 Å². The molecule has 1 N–H and O–H groups in total. The molecule has 2 heteroatoms. The lowest BCUT2D eigenvalue weighted by molar-refractivity contribution is -0.0624. The van der Waals surface area contributed by atoms with Gasteiger partial charge in [0.05, 0.1) is 5.60 Å². The summed E-state index contributed by atoms with van der Waals surface area (Å²) >= 11 is 1.74. The van der Waals surface area contributed by atoms with Crippen molar-refractivity contribution in [2.45, 2.75) is 45.6 Å². The fourth-order valence-corrected chi connectivity index (χ4v) is 3.46. The molecule has 1 aromatic rings. The van der Waals surface area contributed by atoms with E-state index in [4.69, 9.17) is 0 Å². The Morgan fingerprint density at radius 1 is 1.40 bits per heavy atom. The van der Waals surface area contributed by atoms with Crippen LogP contribution in [0.2, 0.25) is 0 Å². The van der Waals surface area contributed by atoms with E-state index >= 15 is 0 Å². The van der Waals surface area contributed by atoms with E-state index in [9.17, 15) is 5.11 Å². The molecule has 0 spiro atoms. The molecule has 1 nitrogen and oxygen atoms in total. The molecule has 1 heterocycles. The van der Waals surface area contributed by atoms with Crippen molar-refractivity contribution in [1.82, 2.24) is 0 Å². The summed E-state index contributed by atoms with van der Waals surface area (Å²) in [5.41, 5.74) is 0.576. The van der Waals surface area contributed by atoms with Crippen LogP contribution in [0.4, 0.5) is 0 Å². The Morgan fingerprint density at radius 2 is 2.13 bits per heavy atom. The van der Waals surface area contributed by atoms with Gasteiger partial charge in [0, 0.05) is 4.88 Å². The van der Waals surface area contributed by atoms with Crippen LogP contribution < -0.4 is 0 Å². The number of hydrogen-bond acceptors (Lipinski definition) is 2. The Kier molecular flexibility index (Phi) is 2.91. The summed E-state index contributed by atoms with van der Waals surface area (Å²) < 4.78 is 0. The lowest BCUT2D eigenvalue weighted by atomic mass is 9.69. The molecule has 0 radical (unpaired) electrons. The topological polar surface area (TPSA) is 20.2 Å². The third-order valence-electron chi connectivity index (χ3n) is 3.80. The summed E-state index contributed by atoms with van der Waals surface area (Å²) in [5.74, 6) is 1.04. The van der Waals surface area contributed by atoms with Gasteiger partial charge >= 0.3 is 0 Å². The average molecular weight is 224 g/mol. The number of hydrogen-bond donors (Lipinski definition) is 1. The van der Waals surface area contributed by atoms with Crippen molar-refractivity contribution in [3.8, 4) is 0 Å². The number of rotatable bonds is 1. The van der Waals surface area contributed by atoms with Crippen molar-refractivity contribution in [2.24, 2.45) is 11.8 Å². The molecule has 3 atom stereocenters. The van der Waals surface area contributed by atoms with Crippen LogP contribution in [0.3, 0.4) is 0 Å². The molecule has 1 saturated carbocycles. The normalized spacial score (nSPS) is 36.8. The van der Waals surface area contributed by atoms with E-state index in [1.165, 1.54) is 11.3 Å². The Labute approximate surface area is 96.1 Å². The molecule has 0 bridgehead atoms. The van der Waals surface area contributed by atoms with E-state index in [-0.39, 0.29) is 0 Å². The lowest BCUT2D eigenvalue weighted by Crippen LogP contribution is -2.38. The van der Waals surface area contributed by atoms with Gasteiger partial charge in [-0.05, 0) is 48.6 Å². The Balaban J connectivity index is 2.30. The first-order valence-electron chi connectivity index (χ1n) is 5.80. The second-order valence-electron chi connectivity index (χ2n) is 5.16. The fourth-order valence-electron chi connectivity index (χ4n) is 2.68. The van der Waals surface area contributed by atoms with E-state index in [1.807, 2.05) is 0 Å². The zero-order valence-corrected chi connectivity index (χ0v) is 10.6. The van der Waals surface area contributed by atoms with Crippen LogP contribution >= 0.6 is 11.3 Å². The minimum atomic E-state index is -0.567. The third kappa shape index (κ3) is 1.98. The van der Waals surface area contributed by atoms with Gasteiger partial charge in [0.2, 0.25) is 0 Å². The molecule has 2 rings (SSSR count). The predicted molar refractivity (Wildman–Crippen MR) is 65.1 cm³/mol. The van der Waals surface area contributed by atoms with Crippen molar-refractivity contribution < 1.29 is 5.11 Å². The molecule has 1 fully saturated rings. The van der Waals surface area contributed by atoms with Gasteiger partial charge in [0.25, 0.3) is 0 Å². The second kappa shape index (κ2) is 3.91. The minimum Gasteiger partial charge on any atom is -0.385 e. The summed E-state index contributed by atoms with van der Waals surface area (Å²) in [6.45, 7) is 6.53. The van der Waals surface area contributed by atoms with E-state index in [0.29, 0.717) is 11.8 Å². The van der Waals surface area contributed by atoms with E-state index in [2.05, 4.69) is 32.2 Å². The first-order chi connectivity index (χ1) is 7.02. The Hall–Kier alpha value is -0.340. The van der Waals surface area contributed by atoms with Gasteiger partial charge in [-0.25, -0.2) is 0 Å². The molecule has 0 aromatic carbocycles. The fraction of sp³-hybridized carbons (Fsp3) is 0.692. The maximum absolute atomic E-state index is 10.8. The van der Waals surface area contributed by atoms with Crippen LogP contribution in [0.5, 0.6) is 0 Å². The molecular formula is C13H20OS. The van der Waals surface area contributed by atoms with Crippen LogP contribution in [0.25, 0.3) is 0 Å². The van der Waals surface area contributed by atoms with Crippen molar-refractivity contribution >= 4 is 11.3 Å². The molecule has 1 aromatic heterocycles. The molecule has 15 heavy (non-hydrogen) atoms. The first kappa shape index (κ1) is 11.2. The zero-order valence-electron chi connectivity index (χ0n) is 9.79. The maximum Gasteiger partial charge on any atom is 0.0932 e. The van der Waals surface area contributed by atoms with Crippen molar-refractivity contribution in [3.05, 3.63) is 21.9 Å². The Bertz CT molecular complexity index is 344. The number of aliphatic hydroxyl groups is 1. The summed E-state index contributed by atoms with van der Waals surface area (Å²) in [5, 5.41) is 12.9. The molecule has 1 aliphatic rings. The molecule has 84 valence electrons. The van der Waals surface area contributed by atoms with E-state index in [0.717, 1.165) is 18.4 Å². The average Bonchev–Trinajstić information content (AvgIpc) is 2.59. The third-order valence-corrected chi connectivity index (χ3v) is 4.66. The van der Waals surface area contributed by atoms with Crippen LogP contribution in [0.15, 0.2) is 11.4 Å². The van der Waals surface area contributed by atoms with Gasteiger partial charge in [-0.3, -0.25) is 0 Å². The first-order valence-corrected chi connectivity index (χ1v) is 6.68. The highest BCUT2D eigenvalue weighted by molar-refractivity contribution is 7.10. The van der Waals surface area contributed by atoms with Gasteiger partial charge in [0.1, 0.15) is 0 Å². The quantitative estimate of drug-likeness (QED) is 0.771. The molecule has 1 aliphatic carbocycles. The summed E-state index contributed by atoms with van der Waals surface area (Å²) in [4.78, 5) is 1.30. The molecule has 3 unspecified atom stereocenters. The Morgan fingerprint density at radius 3 is 2.73 bits per heavy atom. The summed E-state index contributed by atoms with van der Waals surface area (Å²) in [6, 6.07) is 2.15. The monoisotopic (exact) mass is 224 g/mol. The summed E-state index contributed by atoms with van der Waals surface area (Å²) in [7, 11) is 0. The van der Waals surface area contributed by atoms with Crippen molar-refractivity contribution in [3.63, 3.8) is 0 Å². The van der Waals surface area contributed by atoms with Crippen molar-refractivity contribution in [1.29, 1.82) is 0 Å². The smallest absolute Gasteiger partial charge is 0.0932 e. The lowest BCUT2D eigenvalue weighted by Gasteiger charge is -2.40. The van der Waals surface area contributed by atoms with Crippen LogP contribution in [-0.2, 0) is 5.60 Å². The van der Waals surface area contributed by atoms with Gasteiger partial charge in [-0.1, -0.05) is 20.3 Å². The van der Waals surface area contributed by atoms with E-state index in [1.54, 1.807) is 11.3 Å². The molecule has 0 saturated heterocycles. The molecule has 0 aliphatic heterocycles. The van der Waals surface area contributed by atoms with Crippen molar-refractivity contribution in [2.75, 3.05) is 0 Å². The summed E-state index contributed by atoms with van der Waals surface area (Å²) in [6.07, 6.45) is 3.32. The highest BCUT2D eigenvalue weighted by Crippen LogP contribution is 2.44. The second-order valence-corrected chi connectivity index (χ2v) is 6.27. The number of aryl methyl sites for hydroxylation is 1. The maximum atomic E-state index is 10.8. The highest BCUT2D eigenvalue weighted by Gasteiger charge is 2.40. The minimum absolute atomic E-state index is 0.391. The van der Waals surface area contributed by atoms with Gasteiger partial charge in [-0.2, -0.15) is 0 Å². The highest BCUT2D eigenvalue weighted by atomic mass is 32.1. The predicted octanol–water partition coefficient (Wildman–Crippen LogP) is 3.70. The van der Waals surface area contributed by atoms with Crippen LogP contribution in [0, 0.1) is 18.8 Å². The van der Waals surface area contributed by atoms with E-state index < -0.39 is 5.60 Å². The molecule has 0 amide bonds. The van der Waals surface area contributed by atoms with Gasteiger partial charge in [0.15, 0.2) is 0 Å². The van der Waals surface area contributed by atoms with Crippen LogP contribution in [0.1, 0.15) is 43.6 Å². The standard InChI is InChI=1S/C13H20OS/c1-9-4-5-10(2)13(14,7-9)12-6-11(3)15-8-12/h6,8-10,14H,4-5,7H2,1-3H3. The zero-order chi connectivity index (χ0) is 11.1. The van der Waals surface area contributed by atoms with Gasteiger partial charge in [-0.15, -0.1) is 11.3 Å². The molecular weight excluding hydrogens is 204 g/mol. The SMILES string of the molecule is Cc1cc(C2(O)CC(C)CCC2C)cs1. The largest absolute Gasteiger partial charge is 0.385 e. The number of thiophene rings is 1.